The number of carbonyl (C=O) groups excluding carboxylic acids is 2. The van der Waals surface area contributed by atoms with Crippen molar-refractivity contribution in [2.75, 3.05) is 13.2 Å². The van der Waals surface area contributed by atoms with E-state index in [1.165, 1.54) is 13.0 Å². The van der Waals surface area contributed by atoms with Crippen LogP contribution in [0.25, 0.3) is 0 Å². The zero-order valence-corrected chi connectivity index (χ0v) is 12.0. The third-order valence-corrected chi connectivity index (χ3v) is 2.83. The van der Waals surface area contributed by atoms with Crippen molar-refractivity contribution in [1.29, 1.82) is 0 Å². The first kappa shape index (κ1) is 16.0. The number of ketones is 1. The summed E-state index contributed by atoms with van der Waals surface area (Å²) in [5.74, 6) is -1.21. The van der Waals surface area contributed by atoms with E-state index in [-0.39, 0.29) is 24.6 Å². The van der Waals surface area contributed by atoms with Crippen molar-refractivity contribution >= 4 is 11.8 Å². The van der Waals surface area contributed by atoms with Crippen LogP contribution in [-0.2, 0) is 20.7 Å². The number of phenols is 1. The molecule has 5 heteroatoms. The molecule has 0 fully saturated rings. The maximum absolute atomic E-state index is 11.7. The van der Waals surface area contributed by atoms with E-state index >= 15 is 0 Å². The maximum Gasteiger partial charge on any atom is 0.316 e. The molecule has 1 atom stereocenters. The maximum atomic E-state index is 11.7. The number of esters is 1. The van der Waals surface area contributed by atoms with Gasteiger partial charge in [-0.05, 0) is 44.9 Å². The number of carbonyl (C=O) groups is 2. The van der Waals surface area contributed by atoms with Gasteiger partial charge < -0.3 is 14.6 Å². The van der Waals surface area contributed by atoms with Gasteiger partial charge in [-0.25, -0.2) is 0 Å². The number of phenolic OH excluding ortho intramolecular Hbond substituents is 1. The van der Waals surface area contributed by atoms with Gasteiger partial charge in [-0.15, -0.1) is 0 Å². The zero-order valence-electron chi connectivity index (χ0n) is 12.0. The molecule has 0 saturated heterocycles. The van der Waals surface area contributed by atoms with Crippen LogP contribution in [0, 0.1) is 5.92 Å². The Morgan fingerprint density at radius 1 is 1.25 bits per heavy atom. The molecule has 0 amide bonds. The quantitative estimate of drug-likeness (QED) is 0.611. The van der Waals surface area contributed by atoms with Crippen molar-refractivity contribution in [2.45, 2.75) is 27.2 Å². The molecule has 0 bridgehead atoms. The Morgan fingerprint density at radius 3 is 2.50 bits per heavy atom. The average molecular weight is 280 g/mol. The van der Waals surface area contributed by atoms with E-state index in [1.807, 2.05) is 6.92 Å². The monoisotopic (exact) mass is 280 g/mol. The third kappa shape index (κ3) is 4.26. The van der Waals surface area contributed by atoms with E-state index in [1.54, 1.807) is 19.1 Å². The average Bonchev–Trinajstić information content (AvgIpc) is 2.39. The second-order valence-corrected chi connectivity index (χ2v) is 4.35. The van der Waals surface area contributed by atoms with Crippen molar-refractivity contribution in [3.05, 3.63) is 23.8 Å². The highest BCUT2D eigenvalue weighted by molar-refractivity contribution is 5.98. The van der Waals surface area contributed by atoms with Crippen LogP contribution < -0.4 is 4.74 Å². The summed E-state index contributed by atoms with van der Waals surface area (Å²) >= 11 is 0. The van der Waals surface area contributed by atoms with Gasteiger partial charge in [0.25, 0.3) is 0 Å². The molecule has 0 aliphatic carbocycles. The van der Waals surface area contributed by atoms with Gasteiger partial charge >= 0.3 is 5.97 Å². The summed E-state index contributed by atoms with van der Waals surface area (Å²) in [5, 5.41) is 9.62. The molecule has 1 aromatic carbocycles. The first-order valence-corrected chi connectivity index (χ1v) is 6.61. The van der Waals surface area contributed by atoms with Crippen LogP contribution in [0.3, 0.4) is 0 Å². The standard InChI is InChI=1S/C15H20O5/c1-4-19-14-9-11(6-7-13(14)17)8-12(10(3)16)15(18)20-5-2/h6-7,9,12,17H,4-5,8H2,1-3H3/t12-/m1/s1. The Bertz CT molecular complexity index is 481. The fraction of sp³-hybridized carbons (Fsp3) is 0.467. The number of hydrogen-bond acceptors (Lipinski definition) is 5. The predicted octanol–water partition coefficient (Wildman–Crippen LogP) is 2.10. The van der Waals surface area contributed by atoms with E-state index in [4.69, 9.17) is 9.47 Å². The first-order valence-electron chi connectivity index (χ1n) is 6.61. The fourth-order valence-electron chi connectivity index (χ4n) is 1.83. The topological polar surface area (TPSA) is 72.8 Å². The molecule has 0 aliphatic heterocycles. The van der Waals surface area contributed by atoms with Gasteiger partial charge in [0.05, 0.1) is 13.2 Å². The molecule has 20 heavy (non-hydrogen) atoms. The second-order valence-electron chi connectivity index (χ2n) is 4.35. The molecule has 0 heterocycles. The van der Waals surface area contributed by atoms with E-state index < -0.39 is 11.9 Å². The van der Waals surface area contributed by atoms with Crippen LogP contribution in [-0.4, -0.2) is 30.1 Å². The molecule has 1 aromatic rings. The summed E-state index contributed by atoms with van der Waals surface area (Å²) in [5.41, 5.74) is 0.736. The van der Waals surface area contributed by atoms with E-state index in [2.05, 4.69) is 0 Å². The van der Waals surface area contributed by atoms with Crippen LogP contribution in [0.4, 0.5) is 0 Å². The molecular weight excluding hydrogens is 260 g/mol. The molecule has 0 spiro atoms. The molecular formula is C15H20O5. The second kappa shape index (κ2) is 7.53. The smallest absolute Gasteiger partial charge is 0.316 e. The molecule has 0 radical (unpaired) electrons. The van der Waals surface area contributed by atoms with Gasteiger partial charge in [0.15, 0.2) is 11.5 Å². The van der Waals surface area contributed by atoms with Crippen LogP contribution in [0.2, 0.25) is 0 Å². The Hall–Kier alpha value is -2.04. The fourth-order valence-corrected chi connectivity index (χ4v) is 1.83. The highest BCUT2D eigenvalue weighted by atomic mass is 16.5. The van der Waals surface area contributed by atoms with E-state index in [9.17, 15) is 14.7 Å². The van der Waals surface area contributed by atoms with Crippen molar-refractivity contribution in [3.8, 4) is 11.5 Å². The Morgan fingerprint density at radius 2 is 1.95 bits per heavy atom. The lowest BCUT2D eigenvalue weighted by Crippen LogP contribution is -2.26. The Kier molecular flexibility index (Phi) is 6.03. The zero-order chi connectivity index (χ0) is 15.1. The van der Waals surface area contributed by atoms with E-state index in [0.29, 0.717) is 12.4 Å². The lowest BCUT2D eigenvalue weighted by atomic mass is 9.96. The van der Waals surface area contributed by atoms with Crippen LogP contribution in [0.5, 0.6) is 11.5 Å². The number of Topliss-reactive ketones (excluding diaryl/α,β-unsaturated/α-hetero) is 1. The Balaban J connectivity index is 2.91. The minimum Gasteiger partial charge on any atom is -0.504 e. The van der Waals surface area contributed by atoms with Gasteiger partial charge in [-0.2, -0.15) is 0 Å². The Labute approximate surface area is 118 Å². The number of aromatic hydroxyl groups is 1. The van der Waals surface area contributed by atoms with Crippen LogP contribution >= 0.6 is 0 Å². The van der Waals surface area contributed by atoms with Gasteiger partial charge in [0, 0.05) is 0 Å². The summed E-state index contributed by atoms with van der Waals surface area (Å²) in [6.45, 7) is 5.53. The summed E-state index contributed by atoms with van der Waals surface area (Å²) in [6, 6.07) is 4.78. The lowest BCUT2D eigenvalue weighted by Gasteiger charge is -2.14. The molecule has 0 aliphatic rings. The molecule has 5 nitrogen and oxygen atoms in total. The molecule has 0 aromatic heterocycles. The number of benzene rings is 1. The summed E-state index contributed by atoms with van der Waals surface area (Å²) < 4.78 is 10.2. The predicted molar refractivity (Wildman–Crippen MR) is 73.8 cm³/mol. The number of hydrogen-bond donors (Lipinski definition) is 1. The summed E-state index contributed by atoms with van der Waals surface area (Å²) in [4.78, 5) is 23.3. The van der Waals surface area contributed by atoms with E-state index in [0.717, 1.165) is 5.56 Å². The minimum atomic E-state index is -0.825. The van der Waals surface area contributed by atoms with Crippen molar-refractivity contribution in [2.24, 2.45) is 5.92 Å². The first-order chi connectivity index (χ1) is 9.49. The molecule has 1 N–H and O–H groups in total. The molecule has 0 unspecified atom stereocenters. The number of rotatable bonds is 7. The van der Waals surface area contributed by atoms with Gasteiger partial charge in [0.1, 0.15) is 11.7 Å². The summed E-state index contributed by atoms with van der Waals surface area (Å²) in [6.07, 6.45) is 0.231. The van der Waals surface area contributed by atoms with Crippen molar-refractivity contribution < 1.29 is 24.2 Å². The number of ether oxygens (including phenoxy) is 2. The minimum absolute atomic E-state index is 0.0334. The molecule has 1 rings (SSSR count). The third-order valence-electron chi connectivity index (χ3n) is 2.83. The SMILES string of the molecule is CCOC(=O)[C@H](Cc1ccc(O)c(OCC)c1)C(C)=O. The van der Waals surface area contributed by atoms with Crippen LogP contribution in [0.15, 0.2) is 18.2 Å². The highest BCUT2D eigenvalue weighted by Gasteiger charge is 2.25. The van der Waals surface area contributed by atoms with Gasteiger partial charge in [0.2, 0.25) is 0 Å². The normalized spacial score (nSPS) is 11.8. The van der Waals surface area contributed by atoms with Crippen LogP contribution in [0.1, 0.15) is 26.3 Å². The molecule has 110 valence electrons. The molecule has 0 saturated carbocycles. The lowest BCUT2D eigenvalue weighted by molar-refractivity contribution is -0.151. The van der Waals surface area contributed by atoms with Gasteiger partial charge in [-0.3, -0.25) is 9.59 Å². The largest absolute Gasteiger partial charge is 0.504 e. The van der Waals surface area contributed by atoms with Crippen molar-refractivity contribution in [3.63, 3.8) is 0 Å². The highest BCUT2D eigenvalue weighted by Crippen LogP contribution is 2.28. The summed E-state index contributed by atoms with van der Waals surface area (Å²) in [7, 11) is 0. The van der Waals surface area contributed by atoms with Gasteiger partial charge in [-0.1, -0.05) is 6.07 Å². The van der Waals surface area contributed by atoms with Crippen molar-refractivity contribution in [1.82, 2.24) is 0 Å².